The maximum absolute atomic E-state index is 11.8. The van der Waals surface area contributed by atoms with E-state index >= 15 is 0 Å². The lowest BCUT2D eigenvalue weighted by Crippen LogP contribution is -2.22. The van der Waals surface area contributed by atoms with E-state index in [2.05, 4.69) is 5.32 Å². The van der Waals surface area contributed by atoms with Crippen molar-refractivity contribution in [2.45, 2.75) is 38.3 Å². The Morgan fingerprint density at radius 2 is 2.22 bits per heavy atom. The van der Waals surface area contributed by atoms with Crippen molar-refractivity contribution in [3.63, 3.8) is 0 Å². The molecule has 4 heteroatoms. The van der Waals surface area contributed by atoms with Gasteiger partial charge < -0.3 is 15.8 Å². The molecule has 2 unspecified atom stereocenters. The van der Waals surface area contributed by atoms with Crippen LogP contribution < -0.4 is 11.1 Å². The molecule has 1 saturated carbocycles. The molecule has 0 aromatic heterocycles. The summed E-state index contributed by atoms with van der Waals surface area (Å²) in [6, 6.07) is 8.09. The van der Waals surface area contributed by atoms with Crippen LogP contribution in [0.25, 0.3) is 0 Å². The zero-order chi connectivity index (χ0) is 13.0. The highest BCUT2D eigenvalue weighted by Gasteiger charge is 2.23. The summed E-state index contributed by atoms with van der Waals surface area (Å²) in [6.07, 6.45) is 3.05. The minimum Gasteiger partial charge on any atom is -0.462 e. The molecular formula is C14H20N2O2. The van der Waals surface area contributed by atoms with Gasteiger partial charge in [0, 0.05) is 17.8 Å². The highest BCUT2D eigenvalue weighted by Crippen LogP contribution is 2.24. The van der Waals surface area contributed by atoms with Crippen molar-refractivity contribution >= 4 is 11.7 Å². The molecule has 98 valence electrons. The number of carbonyl (C=O) groups is 1. The maximum Gasteiger partial charge on any atom is 0.340 e. The van der Waals surface area contributed by atoms with Crippen LogP contribution in [0, 0.1) is 0 Å². The van der Waals surface area contributed by atoms with Crippen LogP contribution >= 0.6 is 0 Å². The van der Waals surface area contributed by atoms with Crippen LogP contribution in [0.5, 0.6) is 0 Å². The first-order valence-electron chi connectivity index (χ1n) is 6.49. The van der Waals surface area contributed by atoms with Gasteiger partial charge in [-0.05, 0) is 38.3 Å². The topological polar surface area (TPSA) is 64.3 Å². The first-order valence-corrected chi connectivity index (χ1v) is 6.49. The number of rotatable bonds is 4. The van der Waals surface area contributed by atoms with Gasteiger partial charge >= 0.3 is 5.97 Å². The molecule has 0 aliphatic heterocycles. The molecular weight excluding hydrogens is 228 g/mol. The van der Waals surface area contributed by atoms with Crippen LogP contribution in [0.15, 0.2) is 24.3 Å². The number of hydrogen-bond acceptors (Lipinski definition) is 4. The average molecular weight is 248 g/mol. The SMILES string of the molecule is CCOC(=O)c1ccccc1NC1CCC(N)C1. The van der Waals surface area contributed by atoms with Crippen LogP contribution in [-0.2, 0) is 4.74 Å². The third-order valence-corrected chi connectivity index (χ3v) is 3.26. The van der Waals surface area contributed by atoms with Gasteiger partial charge in [-0.15, -0.1) is 0 Å². The van der Waals surface area contributed by atoms with E-state index in [1.54, 1.807) is 6.07 Å². The molecule has 0 radical (unpaired) electrons. The quantitative estimate of drug-likeness (QED) is 0.801. The lowest BCUT2D eigenvalue weighted by atomic mass is 10.1. The highest BCUT2D eigenvalue weighted by atomic mass is 16.5. The van der Waals surface area contributed by atoms with Gasteiger partial charge in [-0.2, -0.15) is 0 Å². The number of esters is 1. The summed E-state index contributed by atoms with van der Waals surface area (Å²) in [5, 5.41) is 3.40. The minimum absolute atomic E-state index is 0.275. The van der Waals surface area contributed by atoms with Crippen molar-refractivity contribution in [3.8, 4) is 0 Å². The molecule has 1 aliphatic carbocycles. The Morgan fingerprint density at radius 3 is 2.89 bits per heavy atom. The number of benzene rings is 1. The van der Waals surface area contributed by atoms with E-state index in [0.717, 1.165) is 24.9 Å². The number of ether oxygens (including phenoxy) is 1. The highest BCUT2D eigenvalue weighted by molar-refractivity contribution is 5.95. The van der Waals surface area contributed by atoms with Gasteiger partial charge in [-0.25, -0.2) is 4.79 Å². The Balaban J connectivity index is 2.10. The number of hydrogen-bond donors (Lipinski definition) is 2. The molecule has 1 aromatic rings. The number of carbonyl (C=O) groups excluding carboxylic acids is 1. The van der Waals surface area contributed by atoms with E-state index in [1.165, 1.54) is 0 Å². The second-order valence-corrected chi connectivity index (χ2v) is 4.68. The minimum atomic E-state index is -0.275. The van der Waals surface area contributed by atoms with Crippen molar-refractivity contribution in [2.75, 3.05) is 11.9 Å². The van der Waals surface area contributed by atoms with Gasteiger partial charge in [-0.3, -0.25) is 0 Å². The molecule has 0 spiro atoms. The summed E-state index contributed by atoms with van der Waals surface area (Å²) < 4.78 is 5.05. The molecule has 2 rings (SSSR count). The lowest BCUT2D eigenvalue weighted by Gasteiger charge is -2.16. The molecule has 0 amide bonds. The van der Waals surface area contributed by atoms with E-state index in [-0.39, 0.29) is 12.0 Å². The second kappa shape index (κ2) is 5.87. The standard InChI is InChI=1S/C14H20N2O2/c1-2-18-14(17)12-5-3-4-6-13(12)16-11-8-7-10(15)9-11/h3-6,10-11,16H,2,7-9,15H2,1H3. The van der Waals surface area contributed by atoms with Gasteiger partial charge in [0.1, 0.15) is 0 Å². The van der Waals surface area contributed by atoms with Gasteiger partial charge in [0.05, 0.1) is 12.2 Å². The molecule has 2 atom stereocenters. The second-order valence-electron chi connectivity index (χ2n) is 4.68. The summed E-state index contributed by atoms with van der Waals surface area (Å²) in [4.78, 5) is 11.8. The van der Waals surface area contributed by atoms with Crippen LogP contribution in [-0.4, -0.2) is 24.7 Å². The van der Waals surface area contributed by atoms with Crippen LogP contribution in [0.1, 0.15) is 36.5 Å². The Labute approximate surface area is 108 Å². The molecule has 3 N–H and O–H groups in total. The number of nitrogens with one attached hydrogen (secondary N) is 1. The molecule has 4 nitrogen and oxygen atoms in total. The number of anilines is 1. The summed E-state index contributed by atoms with van der Waals surface area (Å²) in [5.74, 6) is -0.275. The molecule has 1 aliphatic rings. The Hall–Kier alpha value is -1.55. The zero-order valence-electron chi connectivity index (χ0n) is 10.7. The first kappa shape index (κ1) is 12.9. The molecule has 1 aromatic carbocycles. The van der Waals surface area contributed by atoms with Crippen LogP contribution in [0.3, 0.4) is 0 Å². The van der Waals surface area contributed by atoms with E-state index in [4.69, 9.17) is 10.5 Å². The van der Waals surface area contributed by atoms with Crippen LogP contribution in [0.4, 0.5) is 5.69 Å². The molecule has 1 fully saturated rings. The fraction of sp³-hybridized carbons (Fsp3) is 0.500. The van der Waals surface area contributed by atoms with Crippen molar-refractivity contribution in [1.29, 1.82) is 0 Å². The molecule has 18 heavy (non-hydrogen) atoms. The van der Waals surface area contributed by atoms with E-state index in [0.29, 0.717) is 18.2 Å². The van der Waals surface area contributed by atoms with Gasteiger partial charge in [-0.1, -0.05) is 12.1 Å². The van der Waals surface area contributed by atoms with Crippen LogP contribution in [0.2, 0.25) is 0 Å². The summed E-state index contributed by atoms with van der Waals surface area (Å²) in [6.45, 7) is 2.20. The van der Waals surface area contributed by atoms with Gasteiger partial charge in [0.15, 0.2) is 0 Å². The predicted molar refractivity (Wildman–Crippen MR) is 71.6 cm³/mol. The number of nitrogens with two attached hydrogens (primary N) is 1. The van der Waals surface area contributed by atoms with Crippen molar-refractivity contribution in [2.24, 2.45) is 5.73 Å². The predicted octanol–water partition coefficient (Wildman–Crippen LogP) is 2.16. The molecule has 0 saturated heterocycles. The fourth-order valence-electron chi connectivity index (χ4n) is 2.36. The van der Waals surface area contributed by atoms with Crippen molar-refractivity contribution in [3.05, 3.63) is 29.8 Å². The largest absolute Gasteiger partial charge is 0.462 e. The zero-order valence-corrected chi connectivity index (χ0v) is 10.7. The first-order chi connectivity index (χ1) is 8.70. The average Bonchev–Trinajstić information content (AvgIpc) is 2.76. The van der Waals surface area contributed by atoms with Crippen molar-refractivity contribution in [1.82, 2.24) is 0 Å². The Bertz CT molecular complexity index is 420. The van der Waals surface area contributed by atoms with E-state index in [9.17, 15) is 4.79 Å². The monoisotopic (exact) mass is 248 g/mol. The summed E-state index contributed by atoms with van der Waals surface area (Å²) >= 11 is 0. The van der Waals surface area contributed by atoms with Gasteiger partial charge in [0.2, 0.25) is 0 Å². The molecule has 0 heterocycles. The van der Waals surface area contributed by atoms with E-state index < -0.39 is 0 Å². The molecule has 0 bridgehead atoms. The summed E-state index contributed by atoms with van der Waals surface area (Å²) in [7, 11) is 0. The Morgan fingerprint density at radius 1 is 1.44 bits per heavy atom. The summed E-state index contributed by atoms with van der Waals surface area (Å²) in [5.41, 5.74) is 7.33. The maximum atomic E-state index is 11.8. The van der Waals surface area contributed by atoms with Crippen molar-refractivity contribution < 1.29 is 9.53 Å². The lowest BCUT2D eigenvalue weighted by molar-refractivity contribution is 0.0527. The van der Waals surface area contributed by atoms with E-state index in [1.807, 2.05) is 25.1 Å². The normalized spacial score (nSPS) is 22.8. The number of para-hydroxylation sites is 1. The third-order valence-electron chi connectivity index (χ3n) is 3.26. The fourth-order valence-corrected chi connectivity index (χ4v) is 2.36. The smallest absolute Gasteiger partial charge is 0.340 e. The Kier molecular flexibility index (Phi) is 4.20. The van der Waals surface area contributed by atoms with Gasteiger partial charge in [0.25, 0.3) is 0 Å². The third kappa shape index (κ3) is 3.01.